The number of hydrogen-bond acceptors (Lipinski definition) is 10. The quantitative estimate of drug-likeness (QED) is 0.0599. The van der Waals surface area contributed by atoms with E-state index in [1.807, 2.05) is 12.2 Å². The maximum absolute atomic E-state index is 11.8. The Labute approximate surface area is 244 Å². The second-order valence-electron chi connectivity index (χ2n) is 11.8. The molecule has 0 fully saturated rings. The minimum absolute atomic E-state index is 0.0464. The zero-order valence-corrected chi connectivity index (χ0v) is 26.7. The minimum Gasteiger partial charge on any atom is -0.489 e. The topological polar surface area (TPSA) is 161 Å². The van der Waals surface area contributed by atoms with E-state index in [4.69, 9.17) is 29.1 Å². The largest absolute Gasteiger partial charge is 0.489 e. The number of nitrogens with two attached hydrogens (primary N) is 1. The van der Waals surface area contributed by atoms with Crippen molar-refractivity contribution in [1.29, 1.82) is 0 Å². The van der Waals surface area contributed by atoms with Gasteiger partial charge in [0.1, 0.15) is 18.0 Å². The summed E-state index contributed by atoms with van der Waals surface area (Å²) >= 11 is 0. The van der Waals surface area contributed by atoms with Crippen molar-refractivity contribution in [3.63, 3.8) is 0 Å². The Morgan fingerprint density at radius 3 is 2.17 bits per heavy atom. The van der Waals surface area contributed by atoms with Crippen molar-refractivity contribution in [2.75, 3.05) is 51.5 Å². The molecule has 0 atom stereocenters. The molecular weight excluding hydrogens is 550 g/mol. The molecule has 0 aliphatic heterocycles. The Bertz CT molecular complexity index is 1050. The first kappa shape index (κ1) is 36.0. The number of nitrogens with zero attached hydrogens (tertiary/aromatic N) is 1. The van der Waals surface area contributed by atoms with Crippen LogP contribution in [0.25, 0.3) is 0 Å². The minimum atomic E-state index is -1.89. The number of carbonyl (C=O) groups excluding carboxylic acids is 2. The number of carbonyl (C=O) groups is 2. The van der Waals surface area contributed by atoms with Crippen LogP contribution in [0.1, 0.15) is 58.3 Å². The number of amides is 1. The summed E-state index contributed by atoms with van der Waals surface area (Å²) in [6, 6.07) is 2.48. The van der Waals surface area contributed by atoms with Crippen LogP contribution in [0.5, 0.6) is 5.75 Å². The van der Waals surface area contributed by atoms with Gasteiger partial charge in [0, 0.05) is 18.2 Å². The molecule has 0 saturated carbocycles. The number of anilines is 1. The van der Waals surface area contributed by atoms with Crippen LogP contribution in [0.2, 0.25) is 18.1 Å². The lowest BCUT2D eigenvalue weighted by Gasteiger charge is -2.35. The molecule has 232 valence electrons. The first-order valence-corrected chi connectivity index (χ1v) is 16.5. The molecule has 0 heterocycles. The standard InChI is InChI=1S/C28H47N3O9Si/c1-27(2,3)40-24(32)11-14-36-15-16-37-17-18-38-23-20-21(26(29)33)19-22(31(34)35)25(23)30-12-9-10-13-39-41(7,8)28(4,5)6/h9-10,19-20,30H,11-18H2,1-8H3,(H2,29,33)/b10-9+. The number of esters is 1. The number of nitrogens with one attached hydrogen (secondary N) is 1. The van der Waals surface area contributed by atoms with Gasteiger partial charge in [-0.1, -0.05) is 32.9 Å². The lowest BCUT2D eigenvalue weighted by molar-refractivity contribution is -0.384. The third-order valence-corrected chi connectivity index (χ3v) is 10.7. The molecule has 0 unspecified atom stereocenters. The van der Waals surface area contributed by atoms with E-state index in [0.717, 1.165) is 6.07 Å². The van der Waals surface area contributed by atoms with Crippen molar-refractivity contribution in [3.8, 4) is 5.75 Å². The summed E-state index contributed by atoms with van der Waals surface area (Å²) in [4.78, 5) is 34.6. The second kappa shape index (κ2) is 16.4. The van der Waals surface area contributed by atoms with Crippen LogP contribution < -0.4 is 15.8 Å². The van der Waals surface area contributed by atoms with E-state index in [-0.39, 0.29) is 79.7 Å². The fourth-order valence-electron chi connectivity index (χ4n) is 3.04. The van der Waals surface area contributed by atoms with Crippen LogP contribution in [0, 0.1) is 10.1 Å². The Hall–Kier alpha value is -3.00. The van der Waals surface area contributed by atoms with Gasteiger partial charge in [0.05, 0.1) is 44.4 Å². The third-order valence-electron chi connectivity index (χ3n) is 6.20. The number of nitro benzene ring substituents is 1. The van der Waals surface area contributed by atoms with Crippen molar-refractivity contribution in [3.05, 3.63) is 40.0 Å². The molecule has 13 heteroatoms. The van der Waals surface area contributed by atoms with Gasteiger partial charge in [0.2, 0.25) is 5.91 Å². The normalized spacial score (nSPS) is 12.4. The van der Waals surface area contributed by atoms with Crippen LogP contribution >= 0.6 is 0 Å². The first-order valence-electron chi connectivity index (χ1n) is 13.6. The molecule has 1 rings (SSSR count). The SMILES string of the molecule is CC(C)(C)OC(=O)CCOCCOCCOc1cc(C(N)=O)cc([N+](=O)[O-])c1NC/C=C/CO[Si](C)(C)C(C)(C)C. The molecule has 0 bridgehead atoms. The van der Waals surface area contributed by atoms with E-state index >= 15 is 0 Å². The van der Waals surface area contributed by atoms with E-state index in [0.29, 0.717) is 6.61 Å². The maximum atomic E-state index is 11.8. The highest BCUT2D eigenvalue weighted by Gasteiger charge is 2.36. The Balaban J connectivity index is 2.65. The van der Waals surface area contributed by atoms with Crippen molar-refractivity contribution < 1.29 is 37.9 Å². The van der Waals surface area contributed by atoms with E-state index in [2.05, 4.69) is 39.2 Å². The highest BCUT2D eigenvalue weighted by molar-refractivity contribution is 6.74. The first-order chi connectivity index (χ1) is 18.9. The number of ether oxygens (including phenoxy) is 4. The van der Waals surface area contributed by atoms with Gasteiger partial charge >= 0.3 is 5.97 Å². The maximum Gasteiger partial charge on any atom is 0.308 e. The van der Waals surface area contributed by atoms with Crippen LogP contribution in [-0.2, 0) is 23.4 Å². The average molecular weight is 598 g/mol. The predicted octanol–water partition coefficient (Wildman–Crippen LogP) is 4.83. The zero-order valence-electron chi connectivity index (χ0n) is 25.7. The van der Waals surface area contributed by atoms with Crippen LogP contribution in [0.15, 0.2) is 24.3 Å². The number of rotatable bonds is 18. The molecule has 1 amide bonds. The summed E-state index contributed by atoms with van der Waals surface area (Å²) in [6.07, 6.45) is 3.82. The van der Waals surface area contributed by atoms with Gasteiger partial charge in [0.25, 0.3) is 5.69 Å². The molecule has 3 N–H and O–H groups in total. The van der Waals surface area contributed by atoms with Crippen LogP contribution in [0.3, 0.4) is 0 Å². The second-order valence-corrected chi connectivity index (χ2v) is 16.6. The van der Waals surface area contributed by atoms with Gasteiger partial charge in [-0.25, -0.2) is 0 Å². The molecule has 0 aliphatic carbocycles. The molecule has 0 spiro atoms. The Kier molecular flexibility index (Phi) is 14.4. The van der Waals surface area contributed by atoms with Crippen molar-refractivity contribution in [2.45, 2.75) is 71.7 Å². The van der Waals surface area contributed by atoms with Gasteiger partial charge in [-0.3, -0.25) is 19.7 Å². The lowest BCUT2D eigenvalue weighted by atomic mass is 10.1. The summed E-state index contributed by atoms with van der Waals surface area (Å²) in [7, 11) is -1.89. The zero-order chi connectivity index (χ0) is 31.3. The molecule has 1 aromatic rings. The number of nitro groups is 1. The number of hydrogen-bond donors (Lipinski definition) is 2. The fraction of sp³-hybridized carbons (Fsp3) is 0.643. The molecule has 0 aromatic heterocycles. The smallest absolute Gasteiger partial charge is 0.308 e. The van der Waals surface area contributed by atoms with Crippen molar-refractivity contribution in [2.24, 2.45) is 5.73 Å². The van der Waals surface area contributed by atoms with E-state index in [1.165, 1.54) is 6.07 Å². The van der Waals surface area contributed by atoms with Gasteiger partial charge in [-0.2, -0.15) is 0 Å². The van der Waals surface area contributed by atoms with Crippen molar-refractivity contribution in [1.82, 2.24) is 0 Å². The molecule has 0 aliphatic rings. The molecule has 1 aromatic carbocycles. The van der Waals surface area contributed by atoms with Gasteiger partial charge < -0.3 is 34.4 Å². The van der Waals surface area contributed by atoms with Gasteiger partial charge in [-0.05, 0) is 45.0 Å². The predicted molar refractivity (Wildman–Crippen MR) is 160 cm³/mol. The van der Waals surface area contributed by atoms with Gasteiger partial charge in [0.15, 0.2) is 14.0 Å². The lowest BCUT2D eigenvalue weighted by Crippen LogP contribution is -2.40. The molecule has 0 radical (unpaired) electrons. The highest BCUT2D eigenvalue weighted by atomic mass is 28.4. The van der Waals surface area contributed by atoms with E-state index in [1.54, 1.807) is 20.8 Å². The van der Waals surface area contributed by atoms with E-state index < -0.39 is 24.7 Å². The average Bonchev–Trinajstić information content (AvgIpc) is 2.83. The summed E-state index contributed by atoms with van der Waals surface area (Å²) in [5.41, 5.74) is 4.59. The van der Waals surface area contributed by atoms with Gasteiger partial charge in [-0.15, -0.1) is 0 Å². The summed E-state index contributed by atoms with van der Waals surface area (Å²) < 4.78 is 27.9. The van der Waals surface area contributed by atoms with Crippen LogP contribution in [-0.4, -0.2) is 76.9 Å². The fourth-order valence-corrected chi connectivity index (χ4v) is 3.99. The molecule has 0 saturated heterocycles. The number of benzene rings is 1. The molecular formula is C28H47N3O9Si. The van der Waals surface area contributed by atoms with Crippen molar-refractivity contribution >= 4 is 31.6 Å². The third kappa shape index (κ3) is 13.9. The Morgan fingerprint density at radius 1 is 1.00 bits per heavy atom. The van der Waals surface area contributed by atoms with E-state index in [9.17, 15) is 19.7 Å². The molecule has 12 nitrogen and oxygen atoms in total. The summed E-state index contributed by atoms with van der Waals surface area (Å²) in [6.45, 7) is 17.9. The number of primary amides is 1. The summed E-state index contributed by atoms with van der Waals surface area (Å²) in [5, 5.41) is 14.9. The highest BCUT2D eigenvalue weighted by Crippen LogP contribution is 2.37. The Morgan fingerprint density at radius 2 is 1.61 bits per heavy atom. The molecule has 41 heavy (non-hydrogen) atoms. The summed E-state index contributed by atoms with van der Waals surface area (Å²) in [5.74, 6) is -1.04. The monoisotopic (exact) mass is 597 g/mol. The van der Waals surface area contributed by atoms with Crippen LogP contribution in [0.4, 0.5) is 11.4 Å².